The van der Waals surface area contributed by atoms with Gasteiger partial charge in [0, 0.05) is 25.5 Å². The fourth-order valence-electron chi connectivity index (χ4n) is 3.52. The smallest absolute Gasteiger partial charge is 0.238 e. The third kappa shape index (κ3) is 3.56. The zero-order valence-electron chi connectivity index (χ0n) is 15.1. The molecule has 0 bridgehead atoms. The van der Waals surface area contributed by atoms with Crippen molar-refractivity contribution in [3.8, 4) is 17.2 Å². The summed E-state index contributed by atoms with van der Waals surface area (Å²) in [5.41, 5.74) is 1.15. The molecule has 0 radical (unpaired) electrons. The Morgan fingerprint density at radius 1 is 1.20 bits per heavy atom. The van der Waals surface area contributed by atoms with Gasteiger partial charge < -0.3 is 19.5 Å². The normalized spacial score (nSPS) is 28.5. The molecule has 2 heterocycles. The van der Waals surface area contributed by atoms with Crippen LogP contribution in [0, 0.1) is 11.7 Å². The molecule has 1 N–H and O–H groups in total. The average Bonchev–Trinajstić information content (AvgIpc) is 2.94. The average molecular weight is 344 g/mol. The molecule has 4 rings (SSSR count). The van der Waals surface area contributed by atoms with Crippen molar-refractivity contribution in [1.29, 1.82) is 0 Å². The molecule has 132 valence electrons. The SMILES string of the molecule is [2H]C1(C)Oc2ccc(OC[C@H]3CNCC[C@@H]3c3ccc(F)cc3)cc2O1. The lowest BCUT2D eigenvalue weighted by molar-refractivity contribution is 0.0678. The summed E-state index contributed by atoms with van der Waals surface area (Å²) >= 11 is 0. The molecule has 2 aliphatic heterocycles. The largest absolute Gasteiger partial charge is 0.493 e. The maximum absolute atomic E-state index is 13.2. The molecule has 0 spiro atoms. The van der Waals surface area contributed by atoms with E-state index in [0.29, 0.717) is 35.7 Å². The van der Waals surface area contributed by atoms with Gasteiger partial charge >= 0.3 is 0 Å². The molecular weight excluding hydrogens is 321 g/mol. The Morgan fingerprint density at radius 3 is 2.84 bits per heavy atom. The first kappa shape index (κ1) is 15.0. The lowest BCUT2D eigenvalue weighted by Gasteiger charge is -2.32. The summed E-state index contributed by atoms with van der Waals surface area (Å²) in [5.74, 6) is 2.18. The van der Waals surface area contributed by atoms with Gasteiger partial charge in [0.2, 0.25) is 6.27 Å². The summed E-state index contributed by atoms with van der Waals surface area (Å²) < 4.78 is 37.9. The molecule has 2 aliphatic rings. The molecular formula is C20H22FNO3. The molecule has 0 aromatic heterocycles. The third-order valence-corrected chi connectivity index (χ3v) is 4.79. The van der Waals surface area contributed by atoms with Crippen molar-refractivity contribution in [2.45, 2.75) is 25.5 Å². The van der Waals surface area contributed by atoms with Crippen LogP contribution in [0.5, 0.6) is 17.2 Å². The minimum Gasteiger partial charge on any atom is -0.493 e. The number of fused-ring (bicyclic) bond motifs is 1. The molecule has 1 fully saturated rings. The first-order valence-corrected chi connectivity index (χ1v) is 8.61. The molecule has 0 saturated carbocycles. The molecule has 1 unspecified atom stereocenters. The van der Waals surface area contributed by atoms with Crippen LogP contribution in [-0.2, 0) is 0 Å². The van der Waals surface area contributed by atoms with Crippen LogP contribution < -0.4 is 19.5 Å². The fraction of sp³-hybridized carbons (Fsp3) is 0.400. The lowest BCUT2D eigenvalue weighted by Crippen LogP contribution is -2.38. The van der Waals surface area contributed by atoms with Gasteiger partial charge in [-0.15, -0.1) is 0 Å². The van der Waals surface area contributed by atoms with Gasteiger partial charge in [0.05, 0.1) is 6.61 Å². The molecule has 1 saturated heterocycles. The van der Waals surface area contributed by atoms with Crippen LogP contribution in [-0.4, -0.2) is 26.0 Å². The number of piperidine rings is 1. The van der Waals surface area contributed by atoms with E-state index in [4.69, 9.17) is 15.6 Å². The fourth-order valence-corrected chi connectivity index (χ4v) is 3.52. The Bertz CT molecular complexity index is 781. The first-order chi connectivity index (χ1) is 12.5. The minimum atomic E-state index is -1.39. The standard InChI is InChI=1S/C20H22FNO3/c1-13-24-19-7-6-17(10-20(19)25-13)23-12-15-11-22-9-8-18(15)14-2-4-16(21)5-3-14/h2-7,10,13,15,18,22H,8-9,11-12H2,1H3/t13?,15-,18-/m1/s1/i13D. The van der Waals surface area contributed by atoms with Crippen molar-refractivity contribution in [3.05, 3.63) is 53.8 Å². The van der Waals surface area contributed by atoms with E-state index >= 15 is 0 Å². The van der Waals surface area contributed by atoms with Gasteiger partial charge in [0.25, 0.3) is 0 Å². The van der Waals surface area contributed by atoms with Crippen molar-refractivity contribution in [1.82, 2.24) is 5.32 Å². The maximum Gasteiger partial charge on any atom is 0.238 e. The number of hydrogen-bond donors (Lipinski definition) is 1. The van der Waals surface area contributed by atoms with Crippen LogP contribution in [0.2, 0.25) is 0 Å². The van der Waals surface area contributed by atoms with E-state index in [1.165, 1.54) is 12.1 Å². The van der Waals surface area contributed by atoms with E-state index in [9.17, 15) is 4.39 Å². The van der Waals surface area contributed by atoms with Gasteiger partial charge in [0.15, 0.2) is 11.5 Å². The second-order valence-corrected chi connectivity index (χ2v) is 6.53. The zero-order chi connectivity index (χ0) is 18.1. The summed E-state index contributed by atoms with van der Waals surface area (Å²) in [6, 6.07) is 12.1. The highest BCUT2D eigenvalue weighted by Crippen LogP contribution is 2.38. The molecule has 2 aromatic carbocycles. The Balaban J connectivity index is 1.44. The molecule has 0 aliphatic carbocycles. The van der Waals surface area contributed by atoms with Crippen LogP contribution in [0.15, 0.2) is 42.5 Å². The van der Waals surface area contributed by atoms with Crippen LogP contribution in [0.1, 0.15) is 26.2 Å². The van der Waals surface area contributed by atoms with E-state index < -0.39 is 6.27 Å². The highest BCUT2D eigenvalue weighted by atomic mass is 19.1. The second kappa shape index (κ2) is 6.92. The first-order valence-electron chi connectivity index (χ1n) is 9.11. The highest BCUT2D eigenvalue weighted by Gasteiger charge is 2.27. The molecule has 25 heavy (non-hydrogen) atoms. The van der Waals surface area contributed by atoms with Crippen LogP contribution in [0.4, 0.5) is 4.39 Å². The molecule has 5 heteroatoms. The zero-order valence-corrected chi connectivity index (χ0v) is 14.1. The van der Waals surface area contributed by atoms with E-state index in [2.05, 4.69) is 5.32 Å². The number of benzene rings is 2. The topological polar surface area (TPSA) is 39.7 Å². The monoisotopic (exact) mass is 344 g/mol. The number of ether oxygens (including phenoxy) is 3. The molecule has 0 amide bonds. The quantitative estimate of drug-likeness (QED) is 0.918. The predicted octanol–water partition coefficient (Wildman–Crippen LogP) is 3.72. The molecule has 2 aromatic rings. The Kier molecular flexibility index (Phi) is 4.16. The predicted molar refractivity (Wildman–Crippen MR) is 92.8 cm³/mol. The van der Waals surface area contributed by atoms with Crippen LogP contribution in [0.25, 0.3) is 0 Å². The number of rotatable bonds is 4. The molecule has 3 atom stereocenters. The maximum atomic E-state index is 13.2. The summed E-state index contributed by atoms with van der Waals surface area (Å²) in [7, 11) is 0. The summed E-state index contributed by atoms with van der Waals surface area (Å²) in [4.78, 5) is 0. The summed E-state index contributed by atoms with van der Waals surface area (Å²) in [5, 5.41) is 3.41. The van der Waals surface area contributed by atoms with Gasteiger partial charge in [0.1, 0.15) is 12.9 Å². The van der Waals surface area contributed by atoms with Gasteiger partial charge in [-0.05, 0) is 48.7 Å². The number of halogens is 1. The number of hydrogen-bond acceptors (Lipinski definition) is 4. The van der Waals surface area contributed by atoms with Crippen molar-refractivity contribution in [2.24, 2.45) is 5.92 Å². The van der Waals surface area contributed by atoms with Gasteiger partial charge in [-0.25, -0.2) is 4.39 Å². The molecule has 4 nitrogen and oxygen atoms in total. The van der Waals surface area contributed by atoms with Crippen molar-refractivity contribution < 1.29 is 20.0 Å². The Morgan fingerprint density at radius 2 is 2.00 bits per heavy atom. The highest BCUT2D eigenvalue weighted by molar-refractivity contribution is 5.47. The van der Waals surface area contributed by atoms with Crippen LogP contribution >= 0.6 is 0 Å². The summed E-state index contributed by atoms with van der Waals surface area (Å²) in [6.07, 6.45) is -0.389. The Hall–Kier alpha value is -2.27. The van der Waals surface area contributed by atoms with Crippen molar-refractivity contribution in [3.63, 3.8) is 0 Å². The minimum absolute atomic E-state index is 0.211. The van der Waals surface area contributed by atoms with E-state index in [-0.39, 0.29) is 5.82 Å². The van der Waals surface area contributed by atoms with Crippen LogP contribution in [0.3, 0.4) is 0 Å². The van der Waals surface area contributed by atoms with E-state index in [1.807, 2.05) is 18.2 Å². The van der Waals surface area contributed by atoms with Crippen molar-refractivity contribution >= 4 is 0 Å². The lowest BCUT2D eigenvalue weighted by atomic mass is 9.81. The number of nitrogens with one attached hydrogen (secondary N) is 1. The third-order valence-electron chi connectivity index (χ3n) is 4.79. The summed E-state index contributed by atoms with van der Waals surface area (Å²) in [6.45, 7) is 3.91. The van der Waals surface area contributed by atoms with E-state index in [0.717, 1.165) is 25.1 Å². The van der Waals surface area contributed by atoms with Gasteiger partial charge in [-0.1, -0.05) is 12.1 Å². The van der Waals surface area contributed by atoms with Gasteiger partial charge in [-0.2, -0.15) is 0 Å². The Labute approximate surface area is 148 Å². The second-order valence-electron chi connectivity index (χ2n) is 6.53. The van der Waals surface area contributed by atoms with E-state index in [1.54, 1.807) is 19.1 Å². The van der Waals surface area contributed by atoms with Crippen molar-refractivity contribution in [2.75, 3.05) is 19.7 Å². The van der Waals surface area contributed by atoms with Gasteiger partial charge in [-0.3, -0.25) is 0 Å².